The van der Waals surface area contributed by atoms with E-state index in [4.69, 9.17) is 4.74 Å². The van der Waals surface area contributed by atoms with Crippen LogP contribution in [0, 0.1) is 0 Å². The molecule has 0 unspecified atom stereocenters. The summed E-state index contributed by atoms with van der Waals surface area (Å²) in [6.07, 6.45) is -3.08. The maximum atomic E-state index is 12.5. The van der Waals surface area contributed by atoms with Crippen LogP contribution in [-0.2, 0) is 19.8 Å². The Bertz CT molecular complexity index is 667. The van der Waals surface area contributed by atoms with Crippen LogP contribution in [0.2, 0.25) is 0 Å². The second kappa shape index (κ2) is 6.22. The molecule has 0 saturated heterocycles. The third-order valence-electron chi connectivity index (χ3n) is 2.60. The summed E-state index contributed by atoms with van der Waals surface area (Å²) in [5.41, 5.74) is -0.781. The van der Waals surface area contributed by atoms with Gasteiger partial charge in [0.2, 0.25) is 0 Å². The minimum atomic E-state index is -4.52. The standard InChI is InChI=1S/C11H12F3N5O2S/c1-19-6(3-7(18-19)11(12,13)14)4-15-9(20)17-10-16-5-8(21-2)22-10/h3,5H,4H2,1-2H3,(H2,15,16,17,20). The first kappa shape index (κ1) is 16.1. The number of aromatic nitrogens is 3. The highest BCUT2D eigenvalue weighted by atomic mass is 32.1. The molecule has 11 heteroatoms. The average Bonchev–Trinajstić information content (AvgIpc) is 3.02. The van der Waals surface area contributed by atoms with Gasteiger partial charge in [-0.15, -0.1) is 0 Å². The zero-order valence-electron chi connectivity index (χ0n) is 11.6. The normalized spacial score (nSPS) is 11.3. The van der Waals surface area contributed by atoms with Crippen LogP contribution in [0.1, 0.15) is 11.4 Å². The number of nitrogens with one attached hydrogen (secondary N) is 2. The summed E-state index contributed by atoms with van der Waals surface area (Å²) >= 11 is 1.12. The van der Waals surface area contributed by atoms with Gasteiger partial charge in [0.25, 0.3) is 0 Å². The highest BCUT2D eigenvalue weighted by Gasteiger charge is 2.34. The minimum absolute atomic E-state index is 0.103. The molecular weight excluding hydrogens is 323 g/mol. The van der Waals surface area contributed by atoms with E-state index in [1.807, 2.05) is 0 Å². The van der Waals surface area contributed by atoms with Crippen molar-refractivity contribution in [2.45, 2.75) is 12.7 Å². The van der Waals surface area contributed by atoms with Gasteiger partial charge in [0.1, 0.15) is 0 Å². The van der Waals surface area contributed by atoms with Gasteiger partial charge in [-0.3, -0.25) is 10.00 Å². The molecule has 0 aromatic carbocycles. The minimum Gasteiger partial charge on any atom is -0.486 e. The second-order valence-corrected chi connectivity index (χ2v) is 5.13. The lowest BCUT2D eigenvalue weighted by Gasteiger charge is -2.05. The zero-order chi connectivity index (χ0) is 16.3. The molecule has 2 aromatic rings. The highest BCUT2D eigenvalue weighted by Crippen LogP contribution is 2.28. The number of thiazole rings is 1. The number of halogens is 3. The third-order valence-corrected chi connectivity index (χ3v) is 3.48. The van der Waals surface area contributed by atoms with Crippen molar-refractivity contribution >= 4 is 22.5 Å². The molecule has 22 heavy (non-hydrogen) atoms. The molecule has 0 fully saturated rings. The second-order valence-electron chi connectivity index (χ2n) is 4.14. The number of nitrogens with zero attached hydrogens (tertiary/aromatic N) is 3. The van der Waals surface area contributed by atoms with Crippen molar-refractivity contribution in [3.63, 3.8) is 0 Å². The van der Waals surface area contributed by atoms with Crippen molar-refractivity contribution in [2.24, 2.45) is 7.05 Å². The predicted molar refractivity (Wildman–Crippen MR) is 72.7 cm³/mol. The number of hydrogen-bond acceptors (Lipinski definition) is 5. The van der Waals surface area contributed by atoms with E-state index in [0.29, 0.717) is 10.2 Å². The SMILES string of the molecule is COc1cnc(NC(=O)NCc2cc(C(F)(F)F)nn2C)s1. The molecule has 0 saturated carbocycles. The fourth-order valence-electron chi connectivity index (χ4n) is 1.53. The van der Waals surface area contributed by atoms with Gasteiger partial charge in [0.05, 0.1) is 25.5 Å². The van der Waals surface area contributed by atoms with E-state index in [0.717, 1.165) is 22.1 Å². The lowest BCUT2D eigenvalue weighted by molar-refractivity contribution is -0.141. The Hall–Kier alpha value is -2.30. The smallest absolute Gasteiger partial charge is 0.435 e. The van der Waals surface area contributed by atoms with Gasteiger partial charge in [-0.1, -0.05) is 11.3 Å². The van der Waals surface area contributed by atoms with E-state index in [2.05, 4.69) is 20.7 Å². The summed E-state index contributed by atoms with van der Waals surface area (Å²) in [5, 5.41) is 9.07. The van der Waals surface area contributed by atoms with E-state index in [1.165, 1.54) is 20.4 Å². The average molecular weight is 335 g/mol. The van der Waals surface area contributed by atoms with Crippen molar-refractivity contribution < 1.29 is 22.7 Å². The van der Waals surface area contributed by atoms with Gasteiger partial charge in [0.15, 0.2) is 15.9 Å². The summed E-state index contributed by atoms with van der Waals surface area (Å²) in [7, 11) is 2.84. The molecular formula is C11H12F3N5O2S. The summed E-state index contributed by atoms with van der Waals surface area (Å²) in [6.45, 7) is -0.103. The van der Waals surface area contributed by atoms with Crippen LogP contribution in [-0.4, -0.2) is 27.9 Å². The van der Waals surface area contributed by atoms with Gasteiger partial charge in [-0.25, -0.2) is 9.78 Å². The molecule has 2 N–H and O–H groups in total. The number of rotatable bonds is 4. The number of hydrogen-bond donors (Lipinski definition) is 2. The van der Waals surface area contributed by atoms with Crippen molar-refractivity contribution in [2.75, 3.05) is 12.4 Å². The molecule has 2 aromatic heterocycles. The van der Waals surface area contributed by atoms with Gasteiger partial charge < -0.3 is 10.1 Å². The number of aryl methyl sites for hydroxylation is 1. The number of amides is 2. The van der Waals surface area contributed by atoms with Crippen molar-refractivity contribution in [3.8, 4) is 5.06 Å². The molecule has 0 aliphatic carbocycles. The van der Waals surface area contributed by atoms with Gasteiger partial charge in [0, 0.05) is 7.05 Å². The Balaban J connectivity index is 1.92. The quantitative estimate of drug-likeness (QED) is 0.898. The van der Waals surface area contributed by atoms with Crippen molar-refractivity contribution in [1.29, 1.82) is 0 Å². The fourth-order valence-corrected chi connectivity index (χ4v) is 2.16. The number of ether oxygens (including phenoxy) is 1. The third kappa shape index (κ3) is 3.87. The van der Waals surface area contributed by atoms with Crippen molar-refractivity contribution in [3.05, 3.63) is 23.7 Å². The molecule has 0 radical (unpaired) electrons. The highest BCUT2D eigenvalue weighted by molar-refractivity contribution is 7.17. The molecule has 0 spiro atoms. The summed E-state index contributed by atoms with van der Waals surface area (Å²) in [6, 6.07) is 0.291. The van der Waals surface area contributed by atoms with Crippen LogP contribution in [0.15, 0.2) is 12.3 Å². The molecule has 7 nitrogen and oxygen atoms in total. The number of carbonyl (C=O) groups is 1. The molecule has 0 bridgehead atoms. The van der Waals surface area contributed by atoms with Crippen LogP contribution in [0.3, 0.4) is 0 Å². The van der Waals surface area contributed by atoms with Gasteiger partial charge in [-0.2, -0.15) is 18.3 Å². The Morgan fingerprint density at radius 3 is 2.77 bits per heavy atom. The number of anilines is 1. The van der Waals surface area contributed by atoms with E-state index in [9.17, 15) is 18.0 Å². The van der Waals surface area contributed by atoms with Crippen LogP contribution < -0.4 is 15.4 Å². The molecule has 2 heterocycles. The van der Waals surface area contributed by atoms with Crippen LogP contribution in [0.25, 0.3) is 0 Å². The Morgan fingerprint density at radius 1 is 1.50 bits per heavy atom. The first-order valence-corrected chi connectivity index (χ1v) is 6.76. The number of alkyl halides is 3. The topological polar surface area (TPSA) is 81.1 Å². The molecule has 0 atom stereocenters. The Morgan fingerprint density at radius 2 is 2.23 bits per heavy atom. The summed E-state index contributed by atoms with van der Waals surface area (Å²) in [4.78, 5) is 15.5. The lowest BCUT2D eigenvalue weighted by Crippen LogP contribution is -2.28. The molecule has 0 aliphatic heterocycles. The fraction of sp³-hybridized carbons (Fsp3) is 0.364. The molecule has 2 rings (SSSR count). The van der Waals surface area contributed by atoms with E-state index < -0.39 is 17.9 Å². The van der Waals surface area contributed by atoms with Gasteiger partial charge in [-0.05, 0) is 6.07 Å². The molecule has 120 valence electrons. The van der Waals surface area contributed by atoms with Crippen LogP contribution >= 0.6 is 11.3 Å². The predicted octanol–water partition coefficient (Wildman–Crippen LogP) is 2.23. The van der Waals surface area contributed by atoms with E-state index >= 15 is 0 Å². The van der Waals surface area contributed by atoms with Gasteiger partial charge >= 0.3 is 12.2 Å². The van der Waals surface area contributed by atoms with Crippen molar-refractivity contribution in [1.82, 2.24) is 20.1 Å². The lowest BCUT2D eigenvalue weighted by atomic mass is 10.3. The summed E-state index contributed by atoms with van der Waals surface area (Å²) < 4.78 is 43.5. The first-order valence-electron chi connectivity index (χ1n) is 5.94. The first-order chi connectivity index (χ1) is 10.3. The van der Waals surface area contributed by atoms with Crippen LogP contribution in [0.4, 0.5) is 23.1 Å². The maximum Gasteiger partial charge on any atom is 0.435 e. The molecule has 2 amide bonds. The van der Waals surface area contributed by atoms with Crippen LogP contribution in [0.5, 0.6) is 5.06 Å². The van der Waals surface area contributed by atoms with E-state index in [-0.39, 0.29) is 12.2 Å². The van der Waals surface area contributed by atoms with E-state index in [1.54, 1.807) is 0 Å². The number of carbonyl (C=O) groups excluding carboxylic acids is 1. The summed E-state index contributed by atoms with van der Waals surface area (Å²) in [5.74, 6) is 0. The maximum absolute atomic E-state index is 12.5. The largest absolute Gasteiger partial charge is 0.486 e. The number of urea groups is 1. The Kier molecular flexibility index (Phi) is 4.54. The Labute approximate surface area is 127 Å². The zero-order valence-corrected chi connectivity index (χ0v) is 12.4. The monoisotopic (exact) mass is 335 g/mol. The number of methoxy groups -OCH3 is 1. The molecule has 0 aliphatic rings.